The molecule has 2 aliphatic carbocycles. The SMILES string of the molecule is COc1ccc(C2(c3ccc(OC)cc3)C=Cc3c4c(c5cc6c(cc5c3O2)[nH]c(=O)n6C)-c2ccccc2C42CC(C)(C)CC(C)(C)C2)cc1. The Morgan fingerprint density at radius 1 is 0.765 bits per heavy atom. The number of imidazole rings is 1. The number of hydrogen-bond donors (Lipinski definition) is 1. The molecule has 3 aliphatic rings. The van der Waals surface area contributed by atoms with Crippen LogP contribution in [0, 0.1) is 10.8 Å². The minimum atomic E-state index is -0.949. The highest BCUT2D eigenvalue weighted by Gasteiger charge is 2.55. The third-order valence-electron chi connectivity index (χ3n) is 11.8. The second-order valence-corrected chi connectivity index (χ2v) is 16.5. The lowest BCUT2D eigenvalue weighted by Gasteiger charge is -2.52. The Kier molecular flexibility index (Phi) is 6.62. The van der Waals surface area contributed by atoms with Gasteiger partial charge in [0.25, 0.3) is 0 Å². The number of hydrogen-bond acceptors (Lipinski definition) is 4. The van der Waals surface area contributed by atoms with Crippen molar-refractivity contribution < 1.29 is 14.2 Å². The number of fused-ring (bicyclic) bond motifs is 11. The highest BCUT2D eigenvalue weighted by Crippen LogP contribution is 2.67. The Bertz CT molecular complexity index is 2410. The van der Waals surface area contributed by atoms with E-state index in [4.69, 9.17) is 14.2 Å². The van der Waals surface area contributed by atoms with Crippen LogP contribution in [0.2, 0.25) is 0 Å². The number of rotatable bonds is 4. The summed E-state index contributed by atoms with van der Waals surface area (Å²) < 4.78 is 20.5. The first-order valence-electron chi connectivity index (χ1n) is 17.9. The van der Waals surface area contributed by atoms with Crippen LogP contribution < -0.4 is 19.9 Å². The van der Waals surface area contributed by atoms with Gasteiger partial charge in [-0.15, -0.1) is 0 Å². The summed E-state index contributed by atoms with van der Waals surface area (Å²) in [5.41, 5.74) is 8.96. The van der Waals surface area contributed by atoms with E-state index < -0.39 is 5.60 Å². The fourth-order valence-electron chi connectivity index (χ4n) is 10.5. The topological polar surface area (TPSA) is 65.5 Å². The molecule has 1 fully saturated rings. The Labute approximate surface area is 298 Å². The number of H-pyrrole nitrogens is 1. The van der Waals surface area contributed by atoms with E-state index in [0.29, 0.717) is 0 Å². The molecular formula is C45H44N2O4. The van der Waals surface area contributed by atoms with Gasteiger partial charge in [-0.2, -0.15) is 0 Å². The highest BCUT2D eigenvalue weighted by molar-refractivity contribution is 6.12. The summed E-state index contributed by atoms with van der Waals surface area (Å²) in [5, 5.41) is 2.08. The first-order valence-corrected chi connectivity index (χ1v) is 17.9. The van der Waals surface area contributed by atoms with Crippen LogP contribution in [0.4, 0.5) is 0 Å². The van der Waals surface area contributed by atoms with Gasteiger partial charge in [0.1, 0.15) is 17.2 Å². The molecule has 5 aromatic carbocycles. The Morgan fingerprint density at radius 3 is 1.98 bits per heavy atom. The van der Waals surface area contributed by atoms with Crippen molar-refractivity contribution in [3.8, 4) is 28.4 Å². The molecule has 0 radical (unpaired) electrons. The summed E-state index contributed by atoms with van der Waals surface area (Å²) in [6, 6.07) is 29.7. The fourth-order valence-corrected chi connectivity index (χ4v) is 10.5. The third-order valence-corrected chi connectivity index (χ3v) is 11.8. The van der Waals surface area contributed by atoms with Gasteiger partial charge in [-0.3, -0.25) is 4.57 Å². The van der Waals surface area contributed by atoms with Crippen LogP contribution in [0.3, 0.4) is 0 Å². The standard InChI is InChI=1S/C45H44N2O4/c1-42(2)24-43(3,4)26-44(25-42)35-11-9-8-10-31(35)38-33-23-37-36(46-41(48)47(37)5)22-34(33)40-32(39(38)44)20-21-45(51-40,27-12-16-29(49-6)17-13-27)28-14-18-30(50-7)19-15-28/h8-23H,24-26H2,1-7H3,(H,46,48). The number of benzene rings is 5. The van der Waals surface area contributed by atoms with Crippen molar-refractivity contribution in [2.75, 3.05) is 14.2 Å². The first-order chi connectivity index (χ1) is 24.4. The molecule has 0 atom stereocenters. The van der Waals surface area contributed by atoms with Gasteiger partial charge in [0, 0.05) is 34.5 Å². The van der Waals surface area contributed by atoms with Gasteiger partial charge in [0.2, 0.25) is 0 Å². The van der Waals surface area contributed by atoms with Gasteiger partial charge in [-0.25, -0.2) is 4.79 Å². The summed E-state index contributed by atoms with van der Waals surface area (Å²) in [7, 11) is 5.21. The van der Waals surface area contributed by atoms with E-state index in [1.807, 2.05) is 31.3 Å². The highest BCUT2D eigenvalue weighted by atomic mass is 16.5. The molecule has 6 nitrogen and oxygen atoms in total. The largest absolute Gasteiger partial charge is 0.497 e. The van der Waals surface area contributed by atoms with Crippen molar-refractivity contribution in [3.63, 3.8) is 0 Å². The molecule has 1 aromatic heterocycles. The lowest BCUT2D eigenvalue weighted by molar-refractivity contribution is 0.0642. The first kappa shape index (κ1) is 31.7. The van der Waals surface area contributed by atoms with E-state index in [1.54, 1.807) is 18.8 Å². The van der Waals surface area contributed by atoms with Gasteiger partial charge in [0.15, 0.2) is 5.60 Å². The molecule has 0 unspecified atom stereocenters. The van der Waals surface area contributed by atoms with Gasteiger partial charge < -0.3 is 19.2 Å². The zero-order valence-corrected chi connectivity index (χ0v) is 30.4. The quantitative estimate of drug-likeness (QED) is 0.202. The van der Waals surface area contributed by atoms with Gasteiger partial charge in [-0.1, -0.05) is 82.3 Å². The van der Waals surface area contributed by atoms with Crippen LogP contribution in [0.1, 0.15) is 74.8 Å². The smallest absolute Gasteiger partial charge is 0.326 e. The number of nitrogens with one attached hydrogen (secondary N) is 1. The van der Waals surface area contributed by atoms with Crippen molar-refractivity contribution in [2.45, 2.75) is 58.0 Å². The molecular weight excluding hydrogens is 633 g/mol. The second kappa shape index (κ2) is 10.6. The number of aromatic nitrogens is 2. The van der Waals surface area contributed by atoms with E-state index in [0.717, 1.165) is 75.0 Å². The number of nitrogens with zero attached hydrogens (tertiary/aromatic N) is 1. The molecule has 2 heterocycles. The lowest BCUT2D eigenvalue weighted by atomic mass is 9.52. The molecule has 258 valence electrons. The molecule has 9 rings (SSSR count). The van der Waals surface area contributed by atoms with Crippen LogP contribution in [-0.4, -0.2) is 23.8 Å². The molecule has 1 aliphatic heterocycles. The predicted molar refractivity (Wildman–Crippen MR) is 205 cm³/mol. The van der Waals surface area contributed by atoms with Crippen molar-refractivity contribution in [1.29, 1.82) is 0 Å². The maximum absolute atomic E-state index is 13.0. The van der Waals surface area contributed by atoms with Crippen molar-refractivity contribution in [1.82, 2.24) is 9.55 Å². The molecule has 1 N–H and O–H groups in total. The van der Waals surface area contributed by atoms with Crippen LogP contribution in [0.5, 0.6) is 17.2 Å². The van der Waals surface area contributed by atoms with Crippen LogP contribution in [0.25, 0.3) is 39.0 Å². The predicted octanol–water partition coefficient (Wildman–Crippen LogP) is 9.89. The van der Waals surface area contributed by atoms with E-state index >= 15 is 0 Å². The molecule has 1 saturated carbocycles. The average molecular weight is 677 g/mol. The van der Waals surface area contributed by atoms with Crippen molar-refractivity contribution in [2.24, 2.45) is 17.9 Å². The van der Waals surface area contributed by atoms with Crippen LogP contribution in [-0.2, 0) is 18.1 Å². The zero-order chi connectivity index (χ0) is 35.5. The number of ether oxygens (including phenoxy) is 3. The maximum Gasteiger partial charge on any atom is 0.326 e. The molecule has 6 aromatic rings. The van der Waals surface area contributed by atoms with Gasteiger partial charge >= 0.3 is 5.69 Å². The molecule has 0 bridgehead atoms. The van der Waals surface area contributed by atoms with Crippen LogP contribution >= 0.6 is 0 Å². The number of methoxy groups -OCH3 is 2. The zero-order valence-electron chi connectivity index (χ0n) is 30.4. The lowest BCUT2D eigenvalue weighted by Crippen LogP contribution is -2.44. The minimum absolute atomic E-state index is 0.113. The third kappa shape index (κ3) is 4.51. The number of aryl methyl sites for hydroxylation is 1. The van der Waals surface area contributed by atoms with Crippen molar-refractivity contribution >= 4 is 27.9 Å². The van der Waals surface area contributed by atoms with E-state index in [2.05, 4.69) is 105 Å². The Hall–Kier alpha value is -5.23. The van der Waals surface area contributed by atoms with E-state index in [1.165, 1.54) is 22.3 Å². The summed E-state index contributed by atoms with van der Waals surface area (Å²) in [4.78, 5) is 16.2. The number of aromatic amines is 1. The Morgan fingerprint density at radius 2 is 1.37 bits per heavy atom. The summed E-state index contributed by atoms with van der Waals surface area (Å²) in [5.74, 6) is 2.40. The van der Waals surface area contributed by atoms with Crippen molar-refractivity contribution in [3.05, 3.63) is 129 Å². The monoisotopic (exact) mass is 676 g/mol. The van der Waals surface area contributed by atoms with Gasteiger partial charge in [0.05, 0.1) is 25.3 Å². The summed E-state index contributed by atoms with van der Waals surface area (Å²) >= 11 is 0. The van der Waals surface area contributed by atoms with E-state index in [9.17, 15) is 4.79 Å². The maximum atomic E-state index is 13.0. The molecule has 0 amide bonds. The molecule has 6 heteroatoms. The average Bonchev–Trinajstić information content (AvgIpc) is 3.54. The second-order valence-electron chi connectivity index (χ2n) is 16.5. The molecule has 0 saturated heterocycles. The fraction of sp³-hybridized carbons (Fsp3) is 0.311. The summed E-state index contributed by atoms with van der Waals surface area (Å²) in [6.45, 7) is 9.75. The normalized spacial score (nSPS) is 18.6. The molecule has 1 spiro atoms. The Balaban J connectivity index is 1.41. The molecule has 51 heavy (non-hydrogen) atoms. The van der Waals surface area contributed by atoms with E-state index in [-0.39, 0.29) is 21.9 Å². The van der Waals surface area contributed by atoms with Crippen LogP contribution in [0.15, 0.2) is 95.8 Å². The minimum Gasteiger partial charge on any atom is -0.497 e. The van der Waals surface area contributed by atoms with Gasteiger partial charge in [-0.05, 0) is 100 Å². The summed E-state index contributed by atoms with van der Waals surface area (Å²) in [6.07, 6.45) is 7.79.